The maximum absolute atomic E-state index is 4.77. The zero-order chi connectivity index (χ0) is 19.6. The van der Waals surface area contributed by atoms with Crippen molar-refractivity contribution < 1.29 is 0 Å². The van der Waals surface area contributed by atoms with E-state index in [9.17, 15) is 0 Å². The van der Waals surface area contributed by atoms with E-state index >= 15 is 0 Å². The largest absolute Gasteiger partial charge is 0.357 e. The second-order valence-electron chi connectivity index (χ2n) is 7.59. The molecule has 6 nitrogen and oxygen atoms in total. The Bertz CT molecular complexity index is 697. The van der Waals surface area contributed by atoms with E-state index in [2.05, 4.69) is 69.3 Å². The van der Waals surface area contributed by atoms with Crippen LogP contribution in [-0.4, -0.2) is 52.1 Å². The number of nitrogens with zero attached hydrogens (tertiary/aromatic N) is 4. The highest BCUT2D eigenvalue weighted by atomic mass is 15.2. The molecule has 0 aliphatic carbocycles. The zero-order valence-electron chi connectivity index (χ0n) is 17.2. The van der Waals surface area contributed by atoms with Crippen LogP contribution in [0.4, 0.5) is 0 Å². The van der Waals surface area contributed by atoms with Gasteiger partial charge >= 0.3 is 0 Å². The van der Waals surface area contributed by atoms with Gasteiger partial charge in [-0.05, 0) is 38.7 Å². The monoisotopic (exact) mass is 382 g/mol. The lowest BCUT2D eigenvalue weighted by molar-refractivity contribution is 0.134. The number of imidazole rings is 1. The van der Waals surface area contributed by atoms with Crippen LogP contribution in [0.25, 0.3) is 0 Å². The molecule has 0 bridgehead atoms. The Labute approximate surface area is 169 Å². The van der Waals surface area contributed by atoms with E-state index in [1.54, 1.807) is 0 Å². The Hall–Kier alpha value is -2.34. The molecule has 0 saturated carbocycles. The summed E-state index contributed by atoms with van der Waals surface area (Å²) in [6.07, 6.45) is 8.98. The fourth-order valence-corrected chi connectivity index (χ4v) is 3.78. The van der Waals surface area contributed by atoms with Gasteiger partial charge in [-0.2, -0.15) is 0 Å². The van der Waals surface area contributed by atoms with E-state index in [1.807, 2.05) is 18.7 Å². The SMILES string of the molecule is CCNC(=NCCCn1ccnc1)NC1CCN(Cc2ccccc2)C(C)C1. The van der Waals surface area contributed by atoms with Gasteiger partial charge in [0.1, 0.15) is 0 Å². The first-order valence-electron chi connectivity index (χ1n) is 10.5. The Morgan fingerprint density at radius 1 is 1.29 bits per heavy atom. The molecule has 1 saturated heterocycles. The van der Waals surface area contributed by atoms with Crippen LogP contribution in [0, 0.1) is 0 Å². The highest BCUT2D eigenvalue weighted by Gasteiger charge is 2.25. The number of aromatic nitrogens is 2. The lowest BCUT2D eigenvalue weighted by atomic mass is 9.97. The average Bonchev–Trinajstić information content (AvgIpc) is 3.22. The number of likely N-dealkylation sites (tertiary alicyclic amines) is 1. The average molecular weight is 383 g/mol. The second-order valence-corrected chi connectivity index (χ2v) is 7.59. The molecule has 2 aromatic rings. The summed E-state index contributed by atoms with van der Waals surface area (Å²) in [6, 6.07) is 11.8. The zero-order valence-corrected chi connectivity index (χ0v) is 17.2. The second kappa shape index (κ2) is 10.9. The van der Waals surface area contributed by atoms with Crippen LogP contribution >= 0.6 is 0 Å². The fraction of sp³-hybridized carbons (Fsp3) is 0.545. The summed E-state index contributed by atoms with van der Waals surface area (Å²) >= 11 is 0. The van der Waals surface area contributed by atoms with Crippen LogP contribution in [0.2, 0.25) is 0 Å². The first-order chi connectivity index (χ1) is 13.7. The van der Waals surface area contributed by atoms with E-state index in [0.29, 0.717) is 12.1 Å². The standard InChI is InChI=1S/C22H34N6/c1-3-24-22(25-11-7-13-27-15-12-23-18-27)26-21-10-14-28(19(2)16-21)17-20-8-5-4-6-9-20/h4-6,8-9,12,15,18-19,21H,3,7,10-11,13-14,16-17H2,1-2H3,(H2,24,25,26). The normalized spacial score (nSPS) is 20.9. The number of guanidine groups is 1. The number of hydrogen-bond donors (Lipinski definition) is 2. The molecule has 1 aromatic heterocycles. The molecule has 1 fully saturated rings. The molecule has 2 atom stereocenters. The third-order valence-electron chi connectivity index (χ3n) is 5.33. The molecule has 1 aromatic carbocycles. The van der Waals surface area contributed by atoms with Crippen molar-refractivity contribution in [3.8, 4) is 0 Å². The highest BCUT2D eigenvalue weighted by Crippen LogP contribution is 2.19. The molecule has 1 aliphatic rings. The van der Waals surface area contributed by atoms with Crippen LogP contribution in [0.5, 0.6) is 0 Å². The van der Waals surface area contributed by atoms with Crippen LogP contribution in [-0.2, 0) is 13.1 Å². The summed E-state index contributed by atoms with van der Waals surface area (Å²) in [6.45, 7) is 9.27. The van der Waals surface area contributed by atoms with Gasteiger partial charge in [-0.25, -0.2) is 4.98 Å². The minimum absolute atomic E-state index is 0.480. The maximum atomic E-state index is 4.77. The molecule has 3 rings (SSSR count). The molecule has 0 spiro atoms. The van der Waals surface area contributed by atoms with E-state index in [0.717, 1.165) is 57.9 Å². The molecular formula is C22H34N6. The van der Waals surface area contributed by atoms with Crippen LogP contribution < -0.4 is 10.6 Å². The third-order valence-corrected chi connectivity index (χ3v) is 5.33. The first kappa shape index (κ1) is 20.4. The molecule has 2 heterocycles. The molecule has 2 N–H and O–H groups in total. The molecular weight excluding hydrogens is 348 g/mol. The number of nitrogens with one attached hydrogen (secondary N) is 2. The van der Waals surface area contributed by atoms with Crippen molar-refractivity contribution in [2.75, 3.05) is 19.6 Å². The van der Waals surface area contributed by atoms with Gasteiger partial charge in [-0.1, -0.05) is 30.3 Å². The third kappa shape index (κ3) is 6.37. The van der Waals surface area contributed by atoms with E-state index in [1.165, 1.54) is 5.56 Å². The van der Waals surface area contributed by atoms with Crippen molar-refractivity contribution in [3.05, 3.63) is 54.6 Å². The van der Waals surface area contributed by atoms with Gasteiger partial charge in [-0.15, -0.1) is 0 Å². The quantitative estimate of drug-likeness (QED) is 0.419. The number of piperidine rings is 1. The number of rotatable bonds is 8. The Morgan fingerprint density at radius 2 is 2.14 bits per heavy atom. The van der Waals surface area contributed by atoms with Crippen LogP contribution in [0.1, 0.15) is 38.7 Å². The summed E-state index contributed by atoms with van der Waals surface area (Å²) in [4.78, 5) is 11.4. The summed E-state index contributed by atoms with van der Waals surface area (Å²) in [5, 5.41) is 7.05. The summed E-state index contributed by atoms with van der Waals surface area (Å²) in [5.41, 5.74) is 1.40. The van der Waals surface area contributed by atoms with Gasteiger partial charge in [0.15, 0.2) is 5.96 Å². The van der Waals surface area contributed by atoms with Crippen molar-refractivity contribution in [2.24, 2.45) is 4.99 Å². The number of aliphatic imine (C=N–C) groups is 1. The topological polar surface area (TPSA) is 57.5 Å². The van der Waals surface area contributed by atoms with Crippen molar-refractivity contribution in [3.63, 3.8) is 0 Å². The Kier molecular flexibility index (Phi) is 7.91. The predicted molar refractivity (Wildman–Crippen MR) is 115 cm³/mol. The molecule has 0 radical (unpaired) electrons. The summed E-state index contributed by atoms with van der Waals surface area (Å²) in [5.74, 6) is 0.946. The summed E-state index contributed by atoms with van der Waals surface area (Å²) in [7, 11) is 0. The molecule has 6 heteroatoms. The van der Waals surface area contributed by atoms with Crippen molar-refractivity contribution in [2.45, 2.75) is 58.3 Å². The van der Waals surface area contributed by atoms with Gasteiger partial charge in [0.2, 0.25) is 0 Å². The first-order valence-corrected chi connectivity index (χ1v) is 10.5. The lowest BCUT2D eigenvalue weighted by Crippen LogP contribution is -2.51. The van der Waals surface area contributed by atoms with E-state index in [-0.39, 0.29) is 0 Å². The Morgan fingerprint density at radius 3 is 2.86 bits per heavy atom. The summed E-state index contributed by atoms with van der Waals surface area (Å²) < 4.78 is 2.10. The fourth-order valence-electron chi connectivity index (χ4n) is 3.78. The number of hydrogen-bond acceptors (Lipinski definition) is 3. The molecule has 2 unspecified atom stereocenters. The maximum Gasteiger partial charge on any atom is 0.191 e. The van der Waals surface area contributed by atoms with Gasteiger partial charge in [0.05, 0.1) is 6.33 Å². The van der Waals surface area contributed by atoms with Crippen molar-refractivity contribution >= 4 is 5.96 Å². The minimum Gasteiger partial charge on any atom is -0.357 e. The predicted octanol–water partition coefficient (Wildman–Crippen LogP) is 2.88. The van der Waals surface area contributed by atoms with Gasteiger partial charge < -0.3 is 15.2 Å². The number of aryl methyl sites for hydroxylation is 1. The van der Waals surface area contributed by atoms with Gasteiger partial charge in [-0.3, -0.25) is 9.89 Å². The molecule has 0 amide bonds. The highest BCUT2D eigenvalue weighted by molar-refractivity contribution is 5.80. The van der Waals surface area contributed by atoms with E-state index in [4.69, 9.17) is 4.99 Å². The van der Waals surface area contributed by atoms with Crippen LogP contribution in [0.15, 0.2) is 54.0 Å². The van der Waals surface area contributed by atoms with Crippen molar-refractivity contribution in [1.29, 1.82) is 0 Å². The molecule has 1 aliphatic heterocycles. The minimum atomic E-state index is 0.480. The lowest BCUT2D eigenvalue weighted by Gasteiger charge is -2.38. The molecule has 28 heavy (non-hydrogen) atoms. The number of benzene rings is 1. The van der Waals surface area contributed by atoms with Crippen molar-refractivity contribution in [1.82, 2.24) is 25.1 Å². The van der Waals surface area contributed by atoms with Gasteiger partial charge in [0.25, 0.3) is 0 Å². The van der Waals surface area contributed by atoms with Gasteiger partial charge in [0, 0.05) is 57.2 Å². The van der Waals surface area contributed by atoms with Crippen LogP contribution in [0.3, 0.4) is 0 Å². The molecule has 152 valence electrons. The smallest absolute Gasteiger partial charge is 0.191 e. The Balaban J connectivity index is 1.45. The van der Waals surface area contributed by atoms with E-state index < -0.39 is 0 Å².